The Labute approximate surface area is 294 Å². The Hall–Kier alpha value is -4.78. The van der Waals surface area contributed by atoms with Gasteiger partial charge < -0.3 is 25.6 Å². The van der Waals surface area contributed by atoms with Crippen LogP contribution in [0, 0.1) is 11.3 Å². The molecule has 3 aromatic carbocycles. The van der Waals surface area contributed by atoms with Gasteiger partial charge >= 0.3 is 12.2 Å². The van der Waals surface area contributed by atoms with Crippen molar-refractivity contribution in [1.82, 2.24) is 20.7 Å². The minimum absolute atomic E-state index is 0.0190. The van der Waals surface area contributed by atoms with Crippen molar-refractivity contribution in [1.29, 1.82) is 0 Å². The van der Waals surface area contributed by atoms with Gasteiger partial charge in [0.25, 0.3) is 11.8 Å². The van der Waals surface area contributed by atoms with Crippen LogP contribution in [-0.2, 0) is 31.0 Å². The smallest absolute Gasteiger partial charge is 0.436 e. The average Bonchev–Trinajstić information content (AvgIpc) is 3.13. The third-order valence-electron chi connectivity index (χ3n) is 8.69. The van der Waals surface area contributed by atoms with Crippen molar-refractivity contribution in [2.24, 2.45) is 17.1 Å². The van der Waals surface area contributed by atoms with Gasteiger partial charge in [-0.3, -0.25) is 14.9 Å². The normalized spacial score (nSPS) is 13.7. The van der Waals surface area contributed by atoms with Crippen LogP contribution in [-0.4, -0.2) is 79.2 Å². The molecule has 2 unspecified atom stereocenters. The number of nitrogens with zero attached hydrogens (tertiary/aromatic N) is 2. The lowest BCUT2D eigenvalue weighted by molar-refractivity contribution is -0.169. The van der Waals surface area contributed by atoms with Crippen molar-refractivity contribution in [2.45, 2.75) is 58.5 Å². The number of carbonyl (C=O) groups is 4. The first kappa shape index (κ1) is 39.7. The predicted octanol–water partition coefficient (Wildman–Crippen LogP) is 4.82. The summed E-state index contributed by atoms with van der Waals surface area (Å²) in [6.45, 7) is 6.53. The summed E-state index contributed by atoms with van der Waals surface area (Å²) in [4.78, 5) is 56.3. The second-order valence-corrected chi connectivity index (χ2v) is 13.2. The van der Waals surface area contributed by atoms with E-state index in [4.69, 9.17) is 15.2 Å². The highest BCUT2D eigenvalue weighted by molar-refractivity contribution is 5.99. The number of imide groups is 1. The van der Waals surface area contributed by atoms with E-state index in [0.717, 1.165) is 44.6 Å². The summed E-state index contributed by atoms with van der Waals surface area (Å²) in [5, 5.41) is 17.8. The van der Waals surface area contributed by atoms with Crippen LogP contribution in [0.15, 0.2) is 84.9 Å². The van der Waals surface area contributed by atoms with Crippen LogP contribution < -0.4 is 16.4 Å². The highest BCUT2D eigenvalue weighted by atomic mass is 16.6. The molecule has 4 amide bonds. The number of ether oxygens (including phenoxy) is 2. The Kier molecular flexibility index (Phi) is 14.5. The number of aliphatic hydroxyl groups is 1. The van der Waals surface area contributed by atoms with E-state index in [1.807, 2.05) is 48.5 Å². The van der Waals surface area contributed by atoms with E-state index < -0.39 is 53.5 Å². The number of hydrogen-bond acceptors (Lipinski definition) is 9. The number of benzene rings is 3. The number of aryl methyl sites for hydroxylation is 1. The summed E-state index contributed by atoms with van der Waals surface area (Å²) in [5.41, 5.74) is 6.38. The molecule has 0 bridgehead atoms. The average molecular weight is 690 g/mol. The molecule has 3 atom stereocenters. The molecule has 0 aromatic heterocycles. The van der Waals surface area contributed by atoms with Gasteiger partial charge in [0.05, 0.1) is 26.9 Å². The molecule has 0 aliphatic rings. The second kappa shape index (κ2) is 18.3. The molecule has 0 aliphatic carbocycles. The highest BCUT2D eigenvalue weighted by Gasteiger charge is 2.58. The van der Waals surface area contributed by atoms with Gasteiger partial charge in [-0.05, 0) is 53.5 Å². The number of unbranched alkanes of at least 4 members (excludes halogenated alkanes) is 1. The third kappa shape index (κ3) is 9.26. The van der Waals surface area contributed by atoms with Gasteiger partial charge in [0, 0.05) is 12.5 Å². The zero-order chi connectivity index (χ0) is 36.9. The van der Waals surface area contributed by atoms with Crippen molar-refractivity contribution in [3.63, 3.8) is 0 Å². The molecule has 12 heteroatoms. The first-order valence-corrected chi connectivity index (χ1v) is 16.7. The monoisotopic (exact) mass is 689 g/mol. The molecule has 0 aliphatic heterocycles. The van der Waals surface area contributed by atoms with Crippen LogP contribution in [0.5, 0.6) is 0 Å². The maximum absolute atomic E-state index is 14.7. The second-order valence-electron chi connectivity index (χ2n) is 13.2. The lowest BCUT2D eigenvalue weighted by Gasteiger charge is -2.48. The fourth-order valence-electron chi connectivity index (χ4n) is 5.66. The Morgan fingerprint density at radius 1 is 0.820 bits per heavy atom. The zero-order valence-electron chi connectivity index (χ0n) is 29.8. The van der Waals surface area contributed by atoms with E-state index in [-0.39, 0.29) is 12.2 Å². The topological polar surface area (TPSA) is 164 Å². The number of methoxy groups -OCH3 is 2. The van der Waals surface area contributed by atoms with Crippen molar-refractivity contribution in [2.75, 3.05) is 34.0 Å². The lowest BCUT2D eigenvalue weighted by Crippen LogP contribution is -2.71. The number of rotatable bonds is 14. The Balaban J connectivity index is 2.11. The van der Waals surface area contributed by atoms with Gasteiger partial charge in [-0.15, -0.1) is 5.01 Å². The van der Waals surface area contributed by atoms with E-state index >= 15 is 0 Å². The Bertz CT molecular complexity index is 1550. The molecule has 0 saturated heterocycles. The molecule has 0 radical (unpaired) electrons. The molecule has 0 fully saturated rings. The summed E-state index contributed by atoms with van der Waals surface area (Å²) >= 11 is 0. The minimum Gasteiger partial charge on any atom is -0.451 e. The van der Waals surface area contributed by atoms with Crippen LogP contribution in [0.25, 0.3) is 11.1 Å². The molecule has 3 aromatic rings. The summed E-state index contributed by atoms with van der Waals surface area (Å²) in [7, 11) is 2.09. The maximum atomic E-state index is 14.7. The molecule has 12 nitrogen and oxygen atoms in total. The van der Waals surface area contributed by atoms with Crippen molar-refractivity contribution < 1.29 is 33.8 Å². The molecular formula is C38H51N5O7. The van der Waals surface area contributed by atoms with Crippen molar-refractivity contribution in [3.05, 3.63) is 96.1 Å². The quantitative estimate of drug-likeness (QED) is 0.106. The number of nitrogens with two attached hydrogens (primary N) is 1. The summed E-state index contributed by atoms with van der Waals surface area (Å²) in [6.07, 6.45) is 0.145. The van der Waals surface area contributed by atoms with Crippen LogP contribution in [0.4, 0.5) is 9.59 Å². The van der Waals surface area contributed by atoms with Gasteiger partial charge in [0.2, 0.25) is 0 Å². The number of aliphatic hydroxyl groups excluding tert-OH is 1. The van der Waals surface area contributed by atoms with Gasteiger partial charge in [0.15, 0.2) is 5.54 Å². The van der Waals surface area contributed by atoms with Crippen LogP contribution in [0.2, 0.25) is 0 Å². The summed E-state index contributed by atoms with van der Waals surface area (Å²) in [5.74, 6) is -2.92. The molecule has 0 spiro atoms. The first-order valence-electron chi connectivity index (χ1n) is 16.7. The number of amides is 4. The van der Waals surface area contributed by atoms with Crippen LogP contribution >= 0.6 is 0 Å². The lowest BCUT2D eigenvalue weighted by atomic mass is 9.77. The Morgan fingerprint density at radius 2 is 1.38 bits per heavy atom. The fourth-order valence-corrected chi connectivity index (χ4v) is 5.66. The molecule has 3 rings (SSSR count). The largest absolute Gasteiger partial charge is 0.451 e. The molecular weight excluding hydrogens is 638 g/mol. The molecule has 0 heterocycles. The van der Waals surface area contributed by atoms with Gasteiger partial charge in [-0.2, -0.15) is 5.01 Å². The standard InChI is InChI=1S/C38H51N5O7/c1-27(25-44)38(31-22-20-30(21-23-31)29-18-11-8-12-19-29,34(46)41-26-40-24-14-13-17-28-15-9-7-10-16-28)43(36(48)50-6)42(35(47)49-5)33(45)32(39)37(2,3)4/h7-12,15-16,18-23,27,32,40,44H,13-14,17,24-26,39H2,1-6H3,(H,41,46)/t27?,32-,38?/m1/s1. The van der Waals surface area contributed by atoms with Gasteiger partial charge in [-0.1, -0.05) is 113 Å². The number of hydrogen-bond donors (Lipinski definition) is 4. The molecule has 0 saturated carbocycles. The van der Waals surface area contributed by atoms with E-state index in [0.29, 0.717) is 16.6 Å². The number of nitrogens with one attached hydrogen (secondary N) is 2. The van der Waals surface area contributed by atoms with Gasteiger partial charge in [-0.25, -0.2) is 9.59 Å². The van der Waals surface area contributed by atoms with Crippen molar-refractivity contribution >= 4 is 24.0 Å². The molecule has 5 N–H and O–H groups in total. The van der Waals surface area contributed by atoms with E-state index in [9.17, 15) is 24.3 Å². The summed E-state index contributed by atoms with van der Waals surface area (Å²) < 4.78 is 10.1. The first-order chi connectivity index (χ1) is 23.8. The van der Waals surface area contributed by atoms with E-state index in [2.05, 4.69) is 22.8 Å². The van der Waals surface area contributed by atoms with E-state index in [1.54, 1.807) is 45.0 Å². The Morgan fingerprint density at radius 3 is 1.92 bits per heavy atom. The fraction of sp³-hybridized carbons (Fsp3) is 0.421. The highest BCUT2D eigenvalue weighted by Crippen LogP contribution is 2.40. The van der Waals surface area contributed by atoms with Crippen LogP contribution in [0.1, 0.15) is 51.7 Å². The van der Waals surface area contributed by atoms with Crippen LogP contribution in [0.3, 0.4) is 0 Å². The van der Waals surface area contributed by atoms with Gasteiger partial charge in [0.1, 0.15) is 0 Å². The number of hydrazine groups is 1. The molecule has 50 heavy (non-hydrogen) atoms. The SMILES string of the molecule is COC(=O)N(C(=O)[C@@H](N)C(C)(C)C)N(C(=O)OC)C(C(=O)NCNCCCCc1ccccc1)(c1ccc(-c2ccccc2)cc1)C(C)CO. The minimum atomic E-state index is -2.23. The van der Waals surface area contributed by atoms with E-state index in [1.165, 1.54) is 12.5 Å². The molecule has 270 valence electrons. The zero-order valence-corrected chi connectivity index (χ0v) is 29.8. The third-order valence-corrected chi connectivity index (χ3v) is 8.69. The predicted molar refractivity (Wildman–Crippen MR) is 191 cm³/mol. The maximum Gasteiger partial charge on any atom is 0.436 e. The summed E-state index contributed by atoms with van der Waals surface area (Å²) in [6, 6.07) is 25.1. The number of carbonyl (C=O) groups excluding carboxylic acids is 4. The van der Waals surface area contributed by atoms with Crippen molar-refractivity contribution in [3.8, 4) is 11.1 Å².